The second-order valence-corrected chi connectivity index (χ2v) is 6.61. The van der Waals surface area contributed by atoms with Gasteiger partial charge >= 0.3 is 0 Å². The van der Waals surface area contributed by atoms with Crippen molar-refractivity contribution in [3.63, 3.8) is 0 Å². The Morgan fingerprint density at radius 1 is 1.09 bits per heavy atom. The maximum absolute atomic E-state index is 12.1. The highest BCUT2D eigenvalue weighted by Gasteiger charge is 2.12. The zero-order valence-electron chi connectivity index (χ0n) is 12.7. The van der Waals surface area contributed by atoms with Gasteiger partial charge in [-0.05, 0) is 60.7 Å². The Morgan fingerprint density at radius 2 is 1.91 bits per heavy atom. The van der Waals surface area contributed by atoms with Crippen molar-refractivity contribution in [1.82, 2.24) is 0 Å². The van der Waals surface area contributed by atoms with E-state index in [0.717, 1.165) is 17.7 Å². The van der Waals surface area contributed by atoms with Gasteiger partial charge in [0.1, 0.15) is 0 Å². The molecule has 0 fully saturated rings. The lowest BCUT2D eigenvalue weighted by molar-refractivity contribution is -0.113. The predicted octanol–water partition coefficient (Wildman–Crippen LogP) is 3.01. The maximum Gasteiger partial charge on any atom is 0.248 e. The Hall–Kier alpha value is -2.27. The number of nitrogens with two attached hydrogens (primary N) is 1. The van der Waals surface area contributed by atoms with Gasteiger partial charge < -0.3 is 11.1 Å². The van der Waals surface area contributed by atoms with Crippen LogP contribution in [0.5, 0.6) is 0 Å². The van der Waals surface area contributed by atoms with Crippen LogP contribution in [0.1, 0.15) is 27.9 Å². The number of hydrogen-bond donors (Lipinski definition) is 2. The van der Waals surface area contributed by atoms with Crippen molar-refractivity contribution in [1.29, 1.82) is 0 Å². The van der Waals surface area contributed by atoms with E-state index in [9.17, 15) is 9.59 Å². The Bertz CT molecular complexity index is 758. The van der Waals surface area contributed by atoms with Crippen LogP contribution in [0.25, 0.3) is 0 Å². The molecule has 0 unspecified atom stereocenters. The Balaban J connectivity index is 1.57. The van der Waals surface area contributed by atoms with E-state index in [2.05, 4.69) is 23.5 Å². The number of anilines is 1. The lowest BCUT2D eigenvalue weighted by atomic mass is 10.1. The molecule has 4 nitrogen and oxygen atoms in total. The smallest absolute Gasteiger partial charge is 0.248 e. The van der Waals surface area contributed by atoms with Gasteiger partial charge in [-0.3, -0.25) is 9.59 Å². The first-order chi connectivity index (χ1) is 11.1. The number of nitrogens with one attached hydrogen (secondary N) is 1. The number of rotatable bonds is 5. The minimum absolute atomic E-state index is 0.0999. The fourth-order valence-electron chi connectivity index (χ4n) is 2.73. The molecule has 0 saturated carbocycles. The van der Waals surface area contributed by atoms with Gasteiger partial charge in [0.2, 0.25) is 11.8 Å². The third-order valence-electron chi connectivity index (χ3n) is 3.87. The molecule has 0 saturated heterocycles. The highest BCUT2D eigenvalue weighted by molar-refractivity contribution is 8.00. The minimum Gasteiger partial charge on any atom is -0.366 e. The molecule has 23 heavy (non-hydrogen) atoms. The van der Waals surface area contributed by atoms with E-state index in [1.807, 2.05) is 0 Å². The van der Waals surface area contributed by atoms with Crippen LogP contribution in [-0.4, -0.2) is 17.6 Å². The van der Waals surface area contributed by atoms with Crippen LogP contribution in [-0.2, 0) is 17.6 Å². The van der Waals surface area contributed by atoms with Crippen molar-refractivity contribution in [2.75, 3.05) is 11.1 Å². The fourth-order valence-corrected chi connectivity index (χ4v) is 3.49. The highest BCUT2D eigenvalue weighted by atomic mass is 32.2. The zero-order chi connectivity index (χ0) is 16.2. The van der Waals surface area contributed by atoms with Crippen molar-refractivity contribution >= 4 is 29.3 Å². The summed E-state index contributed by atoms with van der Waals surface area (Å²) in [6.07, 6.45) is 3.52. The molecular formula is C18H18N2O2S. The Morgan fingerprint density at radius 3 is 2.74 bits per heavy atom. The van der Waals surface area contributed by atoms with Crippen LogP contribution in [0.4, 0.5) is 5.69 Å². The standard InChI is InChI=1S/C18H18N2O2S/c19-18(22)14-5-2-6-15(9-14)20-17(21)11-23-16-8-7-12-3-1-4-13(12)10-16/h2,5-10H,1,3-4,11H2,(H2,19,22)(H,20,21). The molecule has 2 aromatic carbocycles. The van der Waals surface area contributed by atoms with E-state index in [0.29, 0.717) is 17.0 Å². The van der Waals surface area contributed by atoms with E-state index in [4.69, 9.17) is 5.73 Å². The van der Waals surface area contributed by atoms with Crippen molar-refractivity contribution in [2.24, 2.45) is 5.73 Å². The van der Waals surface area contributed by atoms with E-state index < -0.39 is 5.91 Å². The number of fused-ring (bicyclic) bond motifs is 1. The predicted molar refractivity (Wildman–Crippen MR) is 92.8 cm³/mol. The van der Waals surface area contributed by atoms with Crippen LogP contribution in [0.3, 0.4) is 0 Å². The summed E-state index contributed by atoms with van der Waals surface area (Å²) in [6, 6.07) is 13.1. The summed E-state index contributed by atoms with van der Waals surface area (Å²) in [5.74, 6) is -0.273. The van der Waals surface area contributed by atoms with Gasteiger partial charge in [-0.2, -0.15) is 0 Å². The number of benzene rings is 2. The Labute approximate surface area is 139 Å². The molecule has 0 radical (unpaired) electrons. The van der Waals surface area contributed by atoms with Crippen LogP contribution in [0.2, 0.25) is 0 Å². The molecule has 118 valence electrons. The topological polar surface area (TPSA) is 72.2 Å². The highest BCUT2D eigenvalue weighted by Crippen LogP contribution is 2.27. The number of carbonyl (C=O) groups excluding carboxylic acids is 2. The van der Waals surface area contributed by atoms with E-state index in [1.165, 1.54) is 29.3 Å². The first-order valence-corrected chi connectivity index (χ1v) is 8.55. The molecule has 2 aromatic rings. The summed E-state index contributed by atoms with van der Waals surface area (Å²) in [6.45, 7) is 0. The summed E-state index contributed by atoms with van der Waals surface area (Å²) in [5.41, 5.74) is 9.04. The molecule has 0 heterocycles. The number of hydrogen-bond acceptors (Lipinski definition) is 3. The largest absolute Gasteiger partial charge is 0.366 e. The lowest BCUT2D eigenvalue weighted by Gasteiger charge is -2.07. The van der Waals surface area contributed by atoms with Gasteiger partial charge in [0.05, 0.1) is 5.75 Å². The SMILES string of the molecule is NC(=O)c1cccc(NC(=O)CSc2ccc3c(c2)CCC3)c1. The monoisotopic (exact) mass is 326 g/mol. The molecule has 3 rings (SSSR count). The summed E-state index contributed by atoms with van der Waals surface area (Å²) >= 11 is 1.52. The third-order valence-corrected chi connectivity index (χ3v) is 4.86. The number of amides is 2. The van der Waals surface area contributed by atoms with Gasteiger partial charge in [-0.25, -0.2) is 0 Å². The molecule has 2 amide bonds. The van der Waals surface area contributed by atoms with E-state index in [1.54, 1.807) is 24.3 Å². The maximum atomic E-state index is 12.1. The van der Waals surface area contributed by atoms with Gasteiger partial charge in [-0.1, -0.05) is 12.1 Å². The number of primary amides is 1. The molecule has 3 N–H and O–H groups in total. The number of carbonyl (C=O) groups is 2. The van der Waals surface area contributed by atoms with E-state index in [-0.39, 0.29) is 5.91 Å². The van der Waals surface area contributed by atoms with Gasteiger partial charge in [-0.15, -0.1) is 11.8 Å². The lowest BCUT2D eigenvalue weighted by Crippen LogP contribution is -2.15. The van der Waals surface area contributed by atoms with Crippen molar-refractivity contribution < 1.29 is 9.59 Å². The molecule has 5 heteroatoms. The van der Waals surface area contributed by atoms with Gasteiger partial charge in [0.25, 0.3) is 0 Å². The van der Waals surface area contributed by atoms with Crippen molar-refractivity contribution in [3.8, 4) is 0 Å². The Kier molecular flexibility index (Phi) is 4.67. The summed E-state index contributed by atoms with van der Waals surface area (Å²) < 4.78 is 0. The molecular weight excluding hydrogens is 308 g/mol. The van der Waals surface area contributed by atoms with Gasteiger partial charge in [0.15, 0.2) is 0 Å². The number of aryl methyl sites for hydroxylation is 2. The second-order valence-electron chi connectivity index (χ2n) is 5.57. The first kappa shape index (κ1) is 15.6. The van der Waals surface area contributed by atoms with Crippen molar-refractivity contribution in [2.45, 2.75) is 24.2 Å². The minimum atomic E-state index is -0.506. The molecule has 0 atom stereocenters. The van der Waals surface area contributed by atoms with Crippen LogP contribution in [0.15, 0.2) is 47.4 Å². The van der Waals surface area contributed by atoms with Crippen molar-refractivity contribution in [3.05, 3.63) is 59.2 Å². The molecule has 0 bridgehead atoms. The third kappa shape index (κ3) is 3.93. The van der Waals surface area contributed by atoms with E-state index >= 15 is 0 Å². The summed E-state index contributed by atoms with van der Waals surface area (Å²) in [4.78, 5) is 24.3. The molecule has 1 aliphatic carbocycles. The van der Waals surface area contributed by atoms with Crippen LogP contribution >= 0.6 is 11.8 Å². The summed E-state index contributed by atoms with van der Waals surface area (Å²) in [7, 11) is 0. The fraction of sp³-hybridized carbons (Fsp3) is 0.222. The normalized spacial score (nSPS) is 12.7. The zero-order valence-corrected chi connectivity index (χ0v) is 13.5. The molecule has 0 aliphatic heterocycles. The average molecular weight is 326 g/mol. The summed E-state index contributed by atoms with van der Waals surface area (Å²) in [5, 5.41) is 2.79. The van der Waals surface area contributed by atoms with Gasteiger partial charge in [0, 0.05) is 16.1 Å². The molecule has 0 spiro atoms. The first-order valence-electron chi connectivity index (χ1n) is 7.56. The number of thioether (sulfide) groups is 1. The average Bonchev–Trinajstić information content (AvgIpc) is 3.01. The molecule has 0 aromatic heterocycles. The second kappa shape index (κ2) is 6.87. The quantitative estimate of drug-likeness (QED) is 0.830. The molecule has 1 aliphatic rings. The van der Waals surface area contributed by atoms with Crippen LogP contribution < -0.4 is 11.1 Å². The van der Waals surface area contributed by atoms with Crippen LogP contribution in [0, 0.1) is 0 Å².